The van der Waals surface area contributed by atoms with Crippen molar-refractivity contribution in [2.45, 2.75) is 6.17 Å². The minimum atomic E-state index is -0.478. The summed E-state index contributed by atoms with van der Waals surface area (Å²) in [5.41, 5.74) is 8.46. The molecular weight excluding hydrogens is 424 g/mol. The lowest BCUT2D eigenvalue weighted by Crippen LogP contribution is -2.39. The molecule has 0 saturated heterocycles. The maximum absolute atomic E-state index is 12.3. The molecule has 0 unspecified atom stereocenters. The Balaban J connectivity index is 1.43. The fourth-order valence-corrected chi connectivity index (χ4v) is 3.99. The first-order valence-corrected chi connectivity index (χ1v) is 10.4. The van der Waals surface area contributed by atoms with Gasteiger partial charge in [-0.1, -0.05) is 41.6 Å². The fourth-order valence-electron chi connectivity index (χ4n) is 3.04. The molecule has 0 bridgehead atoms. The molecule has 1 amide bonds. The molecule has 1 aromatic heterocycles. The van der Waals surface area contributed by atoms with Crippen molar-refractivity contribution in [3.05, 3.63) is 59.2 Å². The predicted molar refractivity (Wildman–Crippen MR) is 122 cm³/mol. The number of fused-ring (bicyclic) bond motifs is 1. The van der Waals surface area contributed by atoms with E-state index < -0.39 is 6.17 Å². The molecule has 4 rings (SSSR count). The van der Waals surface area contributed by atoms with Crippen molar-refractivity contribution >= 4 is 57.0 Å². The smallest absolute Gasteiger partial charge is 0.234 e. The van der Waals surface area contributed by atoms with Gasteiger partial charge in [-0.3, -0.25) is 4.79 Å². The normalized spacial score (nSPS) is 15.9. The van der Waals surface area contributed by atoms with E-state index in [4.69, 9.17) is 22.1 Å². The largest absolute Gasteiger partial charge is 0.495 e. The SMILES string of the molecule is COc1ccc(NC(=O)CSC2=N[C@@H](c3c[nH]c4ccccc34)N=C(N)N2)cc1Cl. The summed E-state index contributed by atoms with van der Waals surface area (Å²) < 4.78 is 5.11. The fraction of sp³-hybridized carbons (Fsp3) is 0.150. The number of benzene rings is 2. The third kappa shape index (κ3) is 4.37. The summed E-state index contributed by atoms with van der Waals surface area (Å²) in [5.74, 6) is 0.743. The Hall–Kier alpha value is -3.17. The van der Waals surface area contributed by atoms with Crippen LogP contribution in [0.2, 0.25) is 5.02 Å². The lowest BCUT2D eigenvalue weighted by molar-refractivity contribution is -0.113. The van der Waals surface area contributed by atoms with E-state index in [0.717, 1.165) is 16.5 Å². The Morgan fingerprint density at radius 1 is 1.30 bits per heavy atom. The number of rotatable bonds is 5. The number of para-hydroxylation sites is 1. The van der Waals surface area contributed by atoms with E-state index in [1.165, 1.54) is 18.9 Å². The molecule has 5 N–H and O–H groups in total. The molecule has 10 heteroatoms. The number of halogens is 1. The molecule has 0 fully saturated rings. The van der Waals surface area contributed by atoms with Gasteiger partial charge in [0.05, 0.1) is 17.9 Å². The number of nitrogens with zero attached hydrogens (tertiary/aromatic N) is 2. The van der Waals surface area contributed by atoms with E-state index >= 15 is 0 Å². The second kappa shape index (κ2) is 8.68. The van der Waals surface area contributed by atoms with E-state index in [9.17, 15) is 4.79 Å². The highest BCUT2D eigenvalue weighted by Gasteiger charge is 2.20. The lowest BCUT2D eigenvalue weighted by atomic mass is 10.1. The number of aliphatic imine (C=N–C) groups is 2. The molecule has 1 aliphatic rings. The van der Waals surface area contributed by atoms with Gasteiger partial charge in [0.25, 0.3) is 0 Å². The van der Waals surface area contributed by atoms with Gasteiger partial charge < -0.3 is 26.1 Å². The summed E-state index contributed by atoms with van der Waals surface area (Å²) >= 11 is 7.34. The molecule has 0 saturated carbocycles. The number of amidine groups is 1. The number of methoxy groups -OCH3 is 1. The summed E-state index contributed by atoms with van der Waals surface area (Å²) in [4.78, 5) is 24.5. The Morgan fingerprint density at radius 3 is 2.93 bits per heavy atom. The van der Waals surface area contributed by atoms with Crippen molar-refractivity contribution in [1.82, 2.24) is 10.3 Å². The number of carbonyl (C=O) groups excluding carboxylic acids is 1. The van der Waals surface area contributed by atoms with Crippen LogP contribution in [0.25, 0.3) is 10.9 Å². The molecule has 0 radical (unpaired) electrons. The molecule has 2 heterocycles. The van der Waals surface area contributed by atoms with Gasteiger partial charge in [0.2, 0.25) is 5.91 Å². The van der Waals surface area contributed by atoms with Crippen LogP contribution in [-0.4, -0.2) is 34.9 Å². The molecule has 2 aromatic carbocycles. The van der Waals surface area contributed by atoms with Gasteiger partial charge in [0.15, 0.2) is 17.3 Å². The molecular formula is C20H19ClN6O2S. The van der Waals surface area contributed by atoms with E-state index in [1.807, 2.05) is 30.5 Å². The van der Waals surface area contributed by atoms with Crippen molar-refractivity contribution in [3.63, 3.8) is 0 Å². The average molecular weight is 443 g/mol. The van der Waals surface area contributed by atoms with Gasteiger partial charge in [0, 0.05) is 28.4 Å². The van der Waals surface area contributed by atoms with Gasteiger partial charge in [-0.2, -0.15) is 0 Å². The number of carbonyl (C=O) groups is 1. The molecule has 30 heavy (non-hydrogen) atoms. The molecule has 0 spiro atoms. The quantitative estimate of drug-likeness (QED) is 0.482. The highest BCUT2D eigenvalue weighted by molar-refractivity contribution is 8.14. The van der Waals surface area contributed by atoms with E-state index in [0.29, 0.717) is 21.6 Å². The van der Waals surface area contributed by atoms with Crippen LogP contribution < -0.4 is 21.1 Å². The second-order valence-corrected chi connectivity index (χ2v) is 7.79. The number of nitrogens with two attached hydrogens (primary N) is 1. The van der Waals surface area contributed by atoms with E-state index in [2.05, 4.69) is 25.6 Å². The van der Waals surface area contributed by atoms with Gasteiger partial charge in [-0.15, -0.1) is 0 Å². The van der Waals surface area contributed by atoms with Gasteiger partial charge in [-0.25, -0.2) is 9.98 Å². The average Bonchev–Trinajstić information content (AvgIpc) is 3.16. The third-order valence-electron chi connectivity index (χ3n) is 4.41. The van der Waals surface area contributed by atoms with Crippen LogP contribution in [0.15, 0.2) is 58.6 Å². The molecule has 1 aliphatic heterocycles. The number of anilines is 1. The van der Waals surface area contributed by atoms with Crippen LogP contribution in [0.1, 0.15) is 11.7 Å². The molecule has 1 atom stereocenters. The summed E-state index contributed by atoms with van der Waals surface area (Å²) in [5, 5.41) is 7.69. The van der Waals surface area contributed by atoms with Gasteiger partial charge in [-0.05, 0) is 24.3 Å². The number of nitrogens with one attached hydrogen (secondary N) is 3. The highest BCUT2D eigenvalue weighted by atomic mass is 35.5. The van der Waals surface area contributed by atoms with Crippen LogP contribution >= 0.6 is 23.4 Å². The number of aromatic amines is 1. The van der Waals surface area contributed by atoms with Crippen LogP contribution in [0.5, 0.6) is 5.75 Å². The number of guanidine groups is 1. The lowest BCUT2D eigenvalue weighted by Gasteiger charge is -2.18. The number of hydrogen-bond acceptors (Lipinski definition) is 7. The first kappa shape index (κ1) is 20.1. The zero-order valence-corrected chi connectivity index (χ0v) is 17.6. The Bertz CT molecular complexity index is 1160. The zero-order chi connectivity index (χ0) is 21.1. The minimum absolute atomic E-state index is 0.142. The molecule has 3 aromatic rings. The Labute approximate surface area is 181 Å². The highest BCUT2D eigenvalue weighted by Crippen LogP contribution is 2.30. The van der Waals surface area contributed by atoms with Crippen molar-refractivity contribution in [2.24, 2.45) is 15.7 Å². The van der Waals surface area contributed by atoms with Crippen molar-refractivity contribution in [2.75, 3.05) is 18.2 Å². The van der Waals surface area contributed by atoms with Crippen LogP contribution in [0.3, 0.4) is 0 Å². The van der Waals surface area contributed by atoms with Crippen LogP contribution in [0.4, 0.5) is 5.69 Å². The molecule has 154 valence electrons. The standard InChI is InChI=1S/C20H19ClN6O2S/c1-29-16-7-6-11(8-14(16)21)24-17(28)10-30-20-26-18(25-19(22)27-20)13-9-23-15-5-3-2-4-12(13)15/h2-9,18,23H,10H2,1H3,(H,24,28)(H3,22,25,26,27)/t18-/m0/s1. The van der Waals surface area contributed by atoms with Crippen molar-refractivity contribution in [3.8, 4) is 5.75 Å². The Morgan fingerprint density at radius 2 is 2.13 bits per heavy atom. The maximum Gasteiger partial charge on any atom is 0.234 e. The minimum Gasteiger partial charge on any atom is -0.495 e. The summed E-state index contributed by atoms with van der Waals surface area (Å²) in [7, 11) is 1.53. The zero-order valence-electron chi connectivity index (χ0n) is 16.0. The number of aromatic nitrogens is 1. The summed E-state index contributed by atoms with van der Waals surface area (Å²) in [6, 6.07) is 13.0. The number of hydrogen-bond donors (Lipinski definition) is 4. The first-order valence-electron chi connectivity index (χ1n) is 9.04. The number of ether oxygens (including phenoxy) is 1. The topological polar surface area (TPSA) is 117 Å². The monoisotopic (exact) mass is 442 g/mol. The predicted octanol–water partition coefficient (Wildman–Crippen LogP) is 3.47. The van der Waals surface area contributed by atoms with Crippen LogP contribution in [0, 0.1) is 0 Å². The van der Waals surface area contributed by atoms with Crippen molar-refractivity contribution in [1.29, 1.82) is 0 Å². The van der Waals surface area contributed by atoms with Crippen LogP contribution in [-0.2, 0) is 4.79 Å². The van der Waals surface area contributed by atoms with E-state index in [-0.39, 0.29) is 17.6 Å². The number of thioether (sulfide) groups is 1. The molecule has 8 nitrogen and oxygen atoms in total. The maximum atomic E-state index is 12.3. The summed E-state index contributed by atoms with van der Waals surface area (Å²) in [6.45, 7) is 0. The van der Waals surface area contributed by atoms with Gasteiger partial charge in [0.1, 0.15) is 5.75 Å². The van der Waals surface area contributed by atoms with Crippen molar-refractivity contribution < 1.29 is 9.53 Å². The summed E-state index contributed by atoms with van der Waals surface area (Å²) in [6.07, 6.45) is 1.40. The van der Waals surface area contributed by atoms with E-state index in [1.54, 1.807) is 18.2 Å². The first-order chi connectivity index (χ1) is 14.5. The van der Waals surface area contributed by atoms with Gasteiger partial charge >= 0.3 is 0 Å². The third-order valence-corrected chi connectivity index (χ3v) is 5.59. The number of amides is 1. The second-order valence-electron chi connectivity index (χ2n) is 6.42. The number of H-pyrrole nitrogens is 1. The Kier molecular flexibility index (Phi) is 5.82. The molecule has 0 aliphatic carbocycles.